The van der Waals surface area contributed by atoms with Crippen molar-refractivity contribution in [3.63, 3.8) is 0 Å². The Kier molecular flexibility index (Phi) is 11.0. The maximum atomic E-state index is 12.5. The fourth-order valence-corrected chi connectivity index (χ4v) is 2.50. The van der Waals surface area contributed by atoms with Crippen LogP contribution in [-0.2, 0) is 25.6 Å². The van der Waals surface area contributed by atoms with E-state index in [1.165, 1.54) is 0 Å². The van der Waals surface area contributed by atoms with Crippen LogP contribution >= 0.6 is 0 Å². The standard InChI is InChI=1S/C19H29N5O5/c20-9-5-4-8-14(21)18(28)24-15(10-13-6-2-1-3-7-13)19(29)23-11-16(25)22-12-17(26)27/h1-3,6-7,14-15H,4-5,8-12,20-21H2,(H,22,25)(H,23,29)(H,24,28)(H,26,27). The van der Waals surface area contributed by atoms with E-state index in [2.05, 4.69) is 16.0 Å². The highest BCUT2D eigenvalue weighted by Crippen LogP contribution is 2.05. The van der Waals surface area contributed by atoms with Gasteiger partial charge in [0.05, 0.1) is 12.6 Å². The van der Waals surface area contributed by atoms with E-state index in [1.807, 2.05) is 30.3 Å². The predicted octanol–water partition coefficient (Wildman–Crippen LogP) is -1.51. The Balaban J connectivity index is 2.69. The van der Waals surface area contributed by atoms with E-state index >= 15 is 0 Å². The Bertz CT molecular complexity index is 683. The van der Waals surface area contributed by atoms with Crippen molar-refractivity contribution in [3.05, 3.63) is 35.9 Å². The molecule has 0 saturated carbocycles. The largest absolute Gasteiger partial charge is 0.480 e. The smallest absolute Gasteiger partial charge is 0.322 e. The number of carbonyl (C=O) groups is 4. The zero-order valence-electron chi connectivity index (χ0n) is 16.2. The minimum atomic E-state index is -1.19. The quantitative estimate of drug-likeness (QED) is 0.215. The molecule has 2 unspecified atom stereocenters. The third kappa shape index (κ3) is 10.2. The molecule has 0 aliphatic carbocycles. The monoisotopic (exact) mass is 407 g/mol. The average Bonchev–Trinajstić information content (AvgIpc) is 2.70. The fourth-order valence-electron chi connectivity index (χ4n) is 2.50. The van der Waals surface area contributed by atoms with Gasteiger partial charge in [-0.2, -0.15) is 0 Å². The van der Waals surface area contributed by atoms with Crippen molar-refractivity contribution < 1.29 is 24.3 Å². The number of carbonyl (C=O) groups excluding carboxylic acids is 3. The number of benzene rings is 1. The van der Waals surface area contributed by atoms with Crippen molar-refractivity contribution in [3.8, 4) is 0 Å². The average molecular weight is 407 g/mol. The first kappa shape index (κ1) is 24.1. The highest BCUT2D eigenvalue weighted by molar-refractivity contribution is 5.92. The fraction of sp³-hybridized carbons (Fsp3) is 0.474. The van der Waals surface area contributed by atoms with E-state index in [1.54, 1.807) is 0 Å². The van der Waals surface area contributed by atoms with Gasteiger partial charge < -0.3 is 32.5 Å². The molecule has 0 aromatic heterocycles. The lowest BCUT2D eigenvalue weighted by molar-refractivity contribution is -0.138. The summed E-state index contributed by atoms with van der Waals surface area (Å²) in [5, 5.41) is 15.7. The van der Waals surface area contributed by atoms with Gasteiger partial charge in [-0.25, -0.2) is 0 Å². The number of nitrogens with two attached hydrogens (primary N) is 2. The van der Waals surface area contributed by atoms with Gasteiger partial charge in [0.25, 0.3) is 0 Å². The van der Waals surface area contributed by atoms with Gasteiger partial charge >= 0.3 is 5.97 Å². The number of unbranched alkanes of at least 4 members (excludes halogenated alkanes) is 1. The summed E-state index contributed by atoms with van der Waals surface area (Å²) in [6.07, 6.45) is 2.11. The summed E-state index contributed by atoms with van der Waals surface area (Å²) in [4.78, 5) is 47.0. The van der Waals surface area contributed by atoms with Crippen LogP contribution in [0.15, 0.2) is 30.3 Å². The zero-order chi connectivity index (χ0) is 21.6. The van der Waals surface area contributed by atoms with Gasteiger partial charge in [-0.05, 0) is 24.9 Å². The Labute approximate surface area is 169 Å². The number of nitrogens with one attached hydrogen (secondary N) is 3. The Morgan fingerprint density at radius 2 is 1.66 bits per heavy atom. The molecule has 10 heteroatoms. The van der Waals surface area contributed by atoms with E-state index in [4.69, 9.17) is 16.6 Å². The van der Waals surface area contributed by atoms with Gasteiger partial charge in [-0.3, -0.25) is 19.2 Å². The zero-order valence-corrected chi connectivity index (χ0v) is 16.2. The van der Waals surface area contributed by atoms with Gasteiger partial charge in [-0.15, -0.1) is 0 Å². The lowest BCUT2D eigenvalue weighted by Crippen LogP contribution is -2.53. The van der Waals surface area contributed by atoms with Crippen LogP contribution in [0.4, 0.5) is 0 Å². The summed E-state index contributed by atoms with van der Waals surface area (Å²) in [7, 11) is 0. The van der Waals surface area contributed by atoms with Crippen molar-refractivity contribution >= 4 is 23.7 Å². The number of amides is 3. The van der Waals surface area contributed by atoms with Crippen LogP contribution in [0.5, 0.6) is 0 Å². The summed E-state index contributed by atoms with van der Waals surface area (Å²) in [6, 6.07) is 7.37. The van der Waals surface area contributed by atoms with Crippen molar-refractivity contribution in [2.75, 3.05) is 19.6 Å². The lowest BCUT2D eigenvalue weighted by Gasteiger charge is -2.21. The minimum Gasteiger partial charge on any atom is -0.480 e. The van der Waals surface area contributed by atoms with Crippen LogP contribution in [0.3, 0.4) is 0 Å². The molecule has 8 N–H and O–H groups in total. The van der Waals surface area contributed by atoms with Crippen LogP contribution in [0, 0.1) is 0 Å². The normalized spacial score (nSPS) is 12.5. The molecule has 0 heterocycles. The number of carboxylic acids is 1. The topological polar surface area (TPSA) is 177 Å². The van der Waals surface area contributed by atoms with E-state index in [-0.39, 0.29) is 6.42 Å². The Morgan fingerprint density at radius 3 is 2.28 bits per heavy atom. The minimum absolute atomic E-state index is 0.213. The van der Waals surface area contributed by atoms with Crippen LogP contribution in [0.2, 0.25) is 0 Å². The van der Waals surface area contributed by atoms with Crippen molar-refractivity contribution in [1.29, 1.82) is 0 Å². The predicted molar refractivity (Wildman–Crippen MR) is 107 cm³/mol. The number of hydrogen-bond acceptors (Lipinski definition) is 6. The highest BCUT2D eigenvalue weighted by atomic mass is 16.4. The maximum absolute atomic E-state index is 12.5. The van der Waals surface area contributed by atoms with Gasteiger partial charge in [0.1, 0.15) is 12.6 Å². The lowest BCUT2D eigenvalue weighted by atomic mass is 10.0. The molecule has 3 amide bonds. The molecule has 29 heavy (non-hydrogen) atoms. The molecule has 160 valence electrons. The van der Waals surface area contributed by atoms with Gasteiger partial charge in [0.15, 0.2) is 0 Å². The molecule has 0 aliphatic rings. The van der Waals surface area contributed by atoms with Crippen molar-refractivity contribution in [1.82, 2.24) is 16.0 Å². The summed E-state index contributed by atoms with van der Waals surface area (Å²) >= 11 is 0. The third-order valence-corrected chi connectivity index (χ3v) is 4.08. The van der Waals surface area contributed by atoms with Crippen LogP contribution in [0.25, 0.3) is 0 Å². The first-order valence-electron chi connectivity index (χ1n) is 9.39. The van der Waals surface area contributed by atoms with E-state index in [0.717, 1.165) is 12.0 Å². The first-order valence-corrected chi connectivity index (χ1v) is 9.39. The van der Waals surface area contributed by atoms with Gasteiger partial charge in [0, 0.05) is 6.42 Å². The second-order valence-electron chi connectivity index (χ2n) is 6.53. The van der Waals surface area contributed by atoms with Gasteiger partial charge in [-0.1, -0.05) is 36.8 Å². The third-order valence-electron chi connectivity index (χ3n) is 4.08. The molecule has 10 nitrogen and oxygen atoms in total. The second kappa shape index (κ2) is 13.2. The summed E-state index contributed by atoms with van der Waals surface area (Å²) < 4.78 is 0. The molecule has 0 aliphatic heterocycles. The van der Waals surface area contributed by atoms with Gasteiger partial charge in [0.2, 0.25) is 17.7 Å². The number of carboxylic acid groups (broad SMARTS) is 1. The maximum Gasteiger partial charge on any atom is 0.322 e. The highest BCUT2D eigenvalue weighted by Gasteiger charge is 2.24. The van der Waals surface area contributed by atoms with Crippen molar-refractivity contribution in [2.45, 2.75) is 37.8 Å². The van der Waals surface area contributed by atoms with Crippen LogP contribution in [0.1, 0.15) is 24.8 Å². The molecule has 1 aromatic carbocycles. The molecule has 1 rings (SSSR count). The van der Waals surface area contributed by atoms with E-state index in [9.17, 15) is 19.2 Å². The molecule has 2 atom stereocenters. The molecule has 0 bridgehead atoms. The molecular weight excluding hydrogens is 378 g/mol. The SMILES string of the molecule is NCCCCC(N)C(=O)NC(Cc1ccccc1)C(=O)NCC(=O)NCC(=O)O. The molecule has 1 aromatic rings. The molecule has 0 fully saturated rings. The summed E-state index contributed by atoms with van der Waals surface area (Å²) in [6.45, 7) is -0.441. The molecule has 0 saturated heterocycles. The van der Waals surface area contributed by atoms with Crippen LogP contribution in [-0.4, -0.2) is 60.5 Å². The van der Waals surface area contributed by atoms with Crippen LogP contribution < -0.4 is 27.4 Å². The van der Waals surface area contributed by atoms with Crippen molar-refractivity contribution in [2.24, 2.45) is 11.5 Å². The Hall–Kier alpha value is -2.98. The number of aliphatic carboxylic acids is 1. The summed E-state index contributed by atoms with van der Waals surface area (Å²) in [5.41, 5.74) is 12.1. The molecule has 0 radical (unpaired) electrons. The second-order valence-corrected chi connectivity index (χ2v) is 6.53. The van der Waals surface area contributed by atoms with E-state index in [0.29, 0.717) is 19.4 Å². The first-order chi connectivity index (χ1) is 13.8. The Morgan fingerprint density at radius 1 is 0.966 bits per heavy atom. The number of rotatable bonds is 13. The number of hydrogen-bond donors (Lipinski definition) is 6. The molecule has 0 spiro atoms. The molecular formula is C19H29N5O5. The summed E-state index contributed by atoms with van der Waals surface area (Å²) in [5.74, 6) is -2.87. The van der Waals surface area contributed by atoms with E-state index < -0.39 is 48.9 Å².